The Bertz CT molecular complexity index is 1210. The number of alkyl carbamates (subject to hydrolysis) is 1. The zero-order chi connectivity index (χ0) is 24.9. The number of nitrogens with zero attached hydrogens (tertiary/aromatic N) is 2. The molecule has 0 bridgehead atoms. The van der Waals surface area contributed by atoms with Crippen LogP contribution in [0.3, 0.4) is 0 Å². The predicted molar refractivity (Wildman–Crippen MR) is 130 cm³/mol. The van der Waals surface area contributed by atoms with Gasteiger partial charge in [0.2, 0.25) is 5.91 Å². The lowest BCUT2D eigenvalue weighted by molar-refractivity contribution is -0.118. The second-order valence-corrected chi connectivity index (χ2v) is 8.50. The summed E-state index contributed by atoms with van der Waals surface area (Å²) in [7, 11) is 1.53. The van der Waals surface area contributed by atoms with Crippen molar-refractivity contribution in [3.8, 4) is 11.1 Å². The first kappa shape index (κ1) is 24.0. The minimum atomic E-state index is -1.19. The van der Waals surface area contributed by atoms with E-state index < -0.39 is 24.0 Å². The Morgan fingerprint density at radius 3 is 2.29 bits per heavy atom. The molecule has 1 aromatic heterocycles. The fourth-order valence-electron chi connectivity index (χ4n) is 4.36. The number of aromatic nitrogens is 2. The minimum Gasteiger partial charge on any atom is -0.476 e. The summed E-state index contributed by atoms with van der Waals surface area (Å²) in [5.74, 6) is -1.52. The number of benzene rings is 2. The van der Waals surface area contributed by atoms with Crippen molar-refractivity contribution in [2.24, 2.45) is 7.05 Å². The standard InChI is InChI=1S/C26H28N4O5/c1-3-4-13-21(24(31)28-23-14-22(25(32)33)29-30(23)2)27-26(34)35-15-20-18-11-7-5-9-16(18)17-10-6-8-12-19(17)20/h5-12,14,20-21H,3-4,13,15H2,1-2H3,(H,27,34)(H,28,31)(H,32,33)/t21-/m0/s1. The summed E-state index contributed by atoms with van der Waals surface area (Å²) >= 11 is 0. The summed E-state index contributed by atoms with van der Waals surface area (Å²) in [4.78, 5) is 36.8. The molecule has 0 spiro atoms. The first-order valence-corrected chi connectivity index (χ1v) is 11.6. The molecule has 2 amide bonds. The summed E-state index contributed by atoms with van der Waals surface area (Å²) in [6, 6.07) is 16.6. The number of nitrogens with one attached hydrogen (secondary N) is 2. The SMILES string of the molecule is CCCC[C@H](NC(=O)OCC1c2ccccc2-c2ccccc21)C(=O)Nc1cc(C(=O)O)nn1C. The number of fused-ring (bicyclic) bond motifs is 3. The number of ether oxygens (including phenoxy) is 1. The largest absolute Gasteiger partial charge is 0.476 e. The Kier molecular flexibility index (Phi) is 7.14. The van der Waals surface area contributed by atoms with Crippen LogP contribution in [0.5, 0.6) is 0 Å². The van der Waals surface area contributed by atoms with E-state index in [1.54, 1.807) is 0 Å². The number of aryl methyl sites for hydroxylation is 1. The van der Waals surface area contributed by atoms with E-state index in [2.05, 4.69) is 27.9 Å². The van der Waals surface area contributed by atoms with Crippen LogP contribution in [-0.4, -0.2) is 45.5 Å². The number of rotatable bonds is 9. The van der Waals surface area contributed by atoms with Crippen molar-refractivity contribution in [3.63, 3.8) is 0 Å². The van der Waals surface area contributed by atoms with Gasteiger partial charge in [-0.1, -0.05) is 68.3 Å². The molecule has 3 N–H and O–H groups in total. The van der Waals surface area contributed by atoms with Crippen molar-refractivity contribution in [2.75, 3.05) is 11.9 Å². The van der Waals surface area contributed by atoms with Gasteiger partial charge in [-0.15, -0.1) is 0 Å². The summed E-state index contributed by atoms with van der Waals surface area (Å²) in [5.41, 5.74) is 4.29. The van der Waals surface area contributed by atoms with Gasteiger partial charge >= 0.3 is 12.1 Å². The van der Waals surface area contributed by atoms with Crippen molar-refractivity contribution in [2.45, 2.75) is 38.1 Å². The highest BCUT2D eigenvalue weighted by Crippen LogP contribution is 2.44. The number of carboxylic acids is 1. The molecule has 1 aliphatic rings. The Morgan fingerprint density at radius 2 is 1.71 bits per heavy atom. The van der Waals surface area contributed by atoms with E-state index in [9.17, 15) is 14.4 Å². The lowest BCUT2D eigenvalue weighted by Crippen LogP contribution is -2.44. The van der Waals surface area contributed by atoms with Crippen LogP contribution in [-0.2, 0) is 16.6 Å². The number of amides is 2. The zero-order valence-electron chi connectivity index (χ0n) is 19.7. The highest BCUT2D eigenvalue weighted by molar-refractivity contribution is 5.97. The first-order valence-electron chi connectivity index (χ1n) is 11.6. The second-order valence-electron chi connectivity index (χ2n) is 8.50. The number of carbonyl (C=O) groups excluding carboxylic acids is 2. The van der Waals surface area contributed by atoms with Gasteiger partial charge in [-0.25, -0.2) is 9.59 Å². The number of hydrogen-bond acceptors (Lipinski definition) is 5. The van der Waals surface area contributed by atoms with Crippen molar-refractivity contribution in [3.05, 3.63) is 71.4 Å². The van der Waals surface area contributed by atoms with Crippen molar-refractivity contribution in [1.29, 1.82) is 0 Å². The quantitative estimate of drug-likeness (QED) is 0.426. The molecule has 0 saturated carbocycles. The molecule has 4 rings (SSSR count). The minimum absolute atomic E-state index is 0.0834. The fourth-order valence-corrected chi connectivity index (χ4v) is 4.36. The average Bonchev–Trinajstić information content (AvgIpc) is 3.38. The second kappa shape index (κ2) is 10.4. The molecule has 1 heterocycles. The highest BCUT2D eigenvalue weighted by atomic mass is 16.5. The molecule has 0 fully saturated rings. The van der Waals surface area contributed by atoms with Gasteiger partial charge in [-0.2, -0.15) is 5.10 Å². The molecule has 1 atom stereocenters. The van der Waals surface area contributed by atoms with Crippen LogP contribution >= 0.6 is 0 Å². The molecule has 9 heteroatoms. The third kappa shape index (κ3) is 5.18. The maximum Gasteiger partial charge on any atom is 0.407 e. The number of unbranched alkanes of at least 4 members (excludes halogenated alkanes) is 1. The van der Waals surface area contributed by atoms with E-state index in [1.807, 2.05) is 43.3 Å². The van der Waals surface area contributed by atoms with Crippen LogP contribution in [0.25, 0.3) is 11.1 Å². The molecule has 2 aromatic carbocycles. The third-order valence-electron chi connectivity index (χ3n) is 6.15. The summed E-state index contributed by atoms with van der Waals surface area (Å²) in [6.07, 6.45) is 1.29. The first-order chi connectivity index (χ1) is 16.9. The maximum absolute atomic E-state index is 12.9. The van der Waals surface area contributed by atoms with E-state index in [0.717, 1.165) is 28.7 Å². The van der Waals surface area contributed by atoms with Gasteiger partial charge < -0.3 is 20.5 Å². The van der Waals surface area contributed by atoms with Gasteiger partial charge in [0.15, 0.2) is 5.69 Å². The maximum atomic E-state index is 12.9. The Morgan fingerprint density at radius 1 is 1.09 bits per heavy atom. The van der Waals surface area contributed by atoms with E-state index in [-0.39, 0.29) is 24.0 Å². The zero-order valence-corrected chi connectivity index (χ0v) is 19.7. The normalized spacial score (nSPS) is 13.0. The van der Waals surface area contributed by atoms with Gasteiger partial charge in [0.1, 0.15) is 18.5 Å². The van der Waals surface area contributed by atoms with Gasteiger partial charge in [0.25, 0.3) is 0 Å². The Hall–Kier alpha value is -4.14. The lowest BCUT2D eigenvalue weighted by atomic mass is 9.98. The number of carbonyl (C=O) groups is 3. The molecule has 182 valence electrons. The Balaban J connectivity index is 1.42. The molecule has 0 radical (unpaired) electrons. The molecule has 0 aliphatic heterocycles. The average molecular weight is 477 g/mol. The molecule has 0 saturated heterocycles. The van der Waals surface area contributed by atoms with Crippen LogP contribution in [0.1, 0.15) is 53.7 Å². The van der Waals surface area contributed by atoms with Crippen molar-refractivity contribution in [1.82, 2.24) is 15.1 Å². The fraction of sp³-hybridized carbons (Fsp3) is 0.308. The molecule has 9 nitrogen and oxygen atoms in total. The predicted octanol–water partition coefficient (Wildman–Crippen LogP) is 4.15. The van der Waals surface area contributed by atoms with Crippen molar-refractivity contribution < 1.29 is 24.2 Å². The summed E-state index contributed by atoms with van der Waals surface area (Å²) in [6.45, 7) is 2.13. The van der Waals surface area contributed by atoms with Gasteiger partial charge in [-0.05, 0) is 28.7 Å². The number of hydrogen-bond donors (Lipinski definition) is 3. The van der Waals surface area contributed by atoms with E-state index in [0.29, 0.717) is 12.8 Å². The summed E-state index contributed by atoms with van der Waals surface area (Å²) < 4.78 is 6.85. The molecular formula is C26H28N4O5. The molecular weight excluding hydrogens is 448 g/mol. The van der Waals surface area contributed by atoms with E-state index in [4.69, 9.17) is 9.84 Å². The van der Waals surface area contributed by atoms with Crippen molar-refractivity contribution >= 4 is 23.8 Å². The van der Waals surface area contributed by atoms with Gasteiger partial charge in [-0.3, -0.25) is 9.48 Å². The highest BCUT2D eigenvalue weighted by Gasteiger charge is 2.30. The number of aromatic carboxylic acids is 1. The van der Waals surface area contributed by atoms with Gasteiger partial charge in [0.05, 0.1) is 0 Å². The van der Waals surface area contributed by atoms with E-state index >= 15 is 0 Å². The Labute approximate surface area is 203 Å². The topological polar surface area (TPSA) is 123 Å². The summed E-state index contributed by atoms with van der Waals surface area (Å²) in [5, 5.41) is 18.3. The molecule has 3 aromatic rings. The third-order valence-corrected chi connectivity index (χ3v) is 6.15. The number of anilines is 1. The van der Waals surface area contributed by atoms with Gasteiger partial charge in [0, 0.05) is 19.0 Å². The molecule has 35 heavy (non-hydrogen) atoms. The van der Waals surface area contributed by atoms with Crippen LogP contribution in [0.4, 0.5) is 10.6 Å². The monoisotopic (exact) mass is 476 g/mol. The number of carboxylic acid groups (broad SMARTS) is 1. The van der Waals surface area contributed by atoms with Crippen LogP contribution in [0.15, 0.2) is 54.6 Å². The van der Waals surface area contributed by atoms with Crippen LogP contribution < -0.4 is 10.6 Å². The lowest BCUT2D eigenvalue weighted by Gasteiger charge is -2.19. The molecule has 1 aliphatic carbocycles. The van der Waals surface area contributed by atoms with Crippen LogP contribution in [0, 0.1) is 0 Å². The smallest absolute Gasteiger partial charge is 0.407 e. The molecule has 0 unspecified atom stereocenters. The van der Waals surface area contributed by atoms with E-state index in [1.165, 1.54) is 17.8 Å². The van der Waals surface area contributed by atoms with Crippen LogP contribution in [0.2, 0.25) is 0 Å².